The molecule has 0 radical (unpaired) electrons. The van der Waals surface area contributed by atoms with E-state index in [1.165, 1.54) is 0 Å². The van der Waals surface area contributed by atoms with Gasteiger partial charge in [0.05, 0.1) is 28.9 Å². The van der Waals surface area contributed by atoms with Crippen molar-refractivity contribution in [1.29, 1.82) is 0 Å². The summed E-state index contributed by atoms with van der Waals surface area (Å²) < 4.78 is 25.0. The van der Waals surface area contributed by atoms with E-state index in [0.29, 0.717) is 41.0 Å². The minimum Gasteiger partial charge on any atom is -0.488 e. The minimum atomic E-state index is -2.23. The monoisotopic (exact) mass is 848 g/mol. The number of nitrogens with zero attached hydrogens (tertiary/aromatic N) is 8. The van der Waals surface area contributed by atoms with E-state index in [4.69, 9.17) is 9.10 Å². The molecular formula is C44H52N10O6S. The van der Waals surface area contributed by atoms with Gasteiger partial charge in [-0.05, 0) is 100 Å². The first-order chi connectivity index (χ1) is 29.5. The zero-order valence-corrected chi connectivity index (χ0v) is 35.3. The van der Waals surface area contributed by atoms with Gasteiger partial charge in [-0.2, -0.15) is 5.10 Å². The van der Waals surface area contributed by atoms with E-state index < -0.39 is 39.4 Å². The van der Waals surface area contributed by atoms with Crippen LogP contribution in [0.5, 0.6) is 5.75 Å². The molecule has 4 aromatic rings. The van der Waals surface area contributed by atoms with E-state index in [1.54, 1.807) is 18.5 Å². The number of aromatic amines is 1. The van der Waals surface area contributed by atoms with Gasteiger partial charge in [0.25, 0.3) is 11.8 Å². The quantitative estimate of drug-likeness (QED) is 0.216. The van der Waals surface area contributed by atoms with Crippen molar-refractivity contribution in [3.63, 3.8) is 0 Å². The predicted octanol–water partition coefficient (Wildman–Crippen LogP) is 4.27. The number of ether oxygens (including phenoxy) is 1. The molecule has 0 bridgehead atoms. The molecule has 17 heteroatoms. The highest BCUT2D eigenvalue weighted by atomic mass is 32.2. The van der Waals surface area contributed by atoms with Crippen LogP contribution in [-0.2, 0) is 19.3 Å². The van der Waals surface area contributed by atoms with Crippen LogP contribution in [0.3, 0.4) is 0 Å². The van der Waals surface area contributed by atoms with E-state index in [2.05, 4.69) is 47.1 Å². The molecular weight excluding hydrogens is 797 g/mol. The summed E-state index contributed by atoms with van der Waals surface area (Å²) in [6.45, 7) is 8.71. The van der Waals surface area contributed by atoms with Gasteiger partial charge in [-0.25, -0.2) is 18.5 Å². The third-order valence-electron chi connectivity index (χ3n) is 13.6. The maximum atomic E-state index is 13.8. The Hall–Kier alpha value is -5.42. The van der Waals surface area contributed by atoms with Crippen molar-refractivity contribution in [2.45, 2.75) is 69.9 Å². The Morgan fingerprint density at radius 1 is 0.836 bits per heavy atom. The van der Waals surface area contributed by atoms with Gasteiger partial charge in [0.2, 0.25) is 11.8 Å². The topological polar surface area (TPSA) is 186 Å². The van der Waals surface area contributed by atoms with Crippen LogP contribution < -0.4 is 19.9 Å². The number of hydrogen-bond acceptors (Lipinski definition) is 13. The molecule has 2 aromatic heterocycles. The van der Waals surface area contributed by atoms with Crippen molar-refractivity contribution >= 4 is 55.8 Å². The Bertz CT molecular complexity index is 2520. The number of piperidine rings is 3. The average molecular weight is 849 g/mol. The summed E-state index contributed by atoms with van der Waals surface area (Å²) in [6.07, 6.45) is 7.91. The lowest BCUT2D eigenvalue weighted by Gasteiger charge is -2.37. The van der Waals surface area contributed by atoms with Gasteiger partial charge >= 0.3 is 0 Å². The van der Waals surface area contributed by atoms with Crippen LogP contribution in [-0.4, -0.2) is 133 Å². The Balaban J connectivity index is 0.678. The molecule has 10 rings (SSSR count). The Morgan fingerprint density at radius 3 is 2.33 bits per heavy atom. The summed E-state index contributed by atoms with van der Waals surface area (Å²) in [4.78, 5) is 67.8. The molecule has 1 unspecified atom stereocenters. The fourth-order valence-corrected chi connectivity index (χ4v) is 11.5. The lowest BCUT2D eigenvalue weighted by atomic mass is 9.95. The van der Waals surface area contributed by atoms with Crippen LogP contribution in [0.15, 0.2) is 53.2 Å². The molecule has 0 spiro atoms. The van der Waals surface area contributed by atoms with Crippen molar-refractivity contribution in [2.75, 3.05) is 73.7 Å². The molecule has 2 aromatic carbocycles. The number of hydrogen-bond donors (Lipinski definition) is 2. The average Bonchev–Trinajstić information content (AvgIpc) is 3.76. The lowest BCUT2D eigenvalue weighted by Crippen LogP contribution is -2.54. The number of carbonyl (C=O) groups excluding carboxylic acids is 4. The van der Waals surface area contributed by atoms with E-state index in [0.717, 1.165) is 129 Å². The molecule has 320 valence electrons. The minimum absolute atomic E-state index is 0.0616. The Kier molecular flexibility index (Phi) is 10.3. The largest absolute Gasteiger partial charge is 0.488 e. The molecule has 5 aliphatic heterocycles. The second-order valence-corrected chi connectivity index (χ2v) is 20.5. The van der Waals surface area contributed by atoms with Crippen molar-refractivity contribution in [3.05, 3.63) is 59.9 Å². The number of fused-ring (bicyclic) bond motifs is 2. The van der Waals surface area contributed by atoms with Gasteiger partial charge in [0, 0.05) is 90.6 Å². The molecule has 5 fully saturated rings. The normalized spacial score (nSPS) is 23.4. The van der Waals surface area contributed by atoms with Gasteiger partial charge < -0.3 is 19.4 Å². The number of anilines is 2. The summed E-state index contributed by atoms with van der Waals surface area (Å²) in [7, 11) is -2.23. The lowest BCUT2D eigenvalue weighted by molar-refractivity contribution is -0.136. The van der Waals surface area contributed by atoms with Crippen LogP contribution >= 0.6 is 0 Å². The SMILES string of the molecule is CC1(Oc2ccc3[nH]nc(-c4cc(N5CCC(CN=S6(=O)CCN(CC7CCN(c8ccc9c(c8)C(=O)N(C8CCC(=O)NC8=O)C9=O)CC7)CC6)CC5)ncn4)c3c2)CC1. The maximum Gasteiger partial charge on any atom is 0.262 e. The summed E-state index contributed by atoms with van der Waals surface area (Å²) >= 11 is 0. The number of benzene rings is 2. The molecule has 4 amide bonds. The second kappa shape index (κ2) is 15.8. The smallest absolute Gasteiger partial charge is 0.262 e. The number of H-pyrrole nitrogens is 1. The highest BCUT2D eigenvalue weighted by Gasteiger charge is 2.45. The van der Waals surface area contributed by atoms with Crippen LogP contribution in [0.1, 0.15) is 79.0 Å². The van der Waals surface area contributed by atoms with Gasteiger partial charge in [0.15, 0.2) is 0 Å². The molecule has 4 saturated heterocycles. The first-order valence-electron chi connectivity index (χ1n) is 21.8. The Morgan fingerprint density at radius 2 is 1.57 bits per heavy atom. The molecule has 1 atom stereocenters. The van der Waals surface area contributed by atoms with Crippen molar-refractivity contribution in [2.24, 2.45) is 16.2 Å². The van der Waals surface area contributed by atoms with Gasteiger partial charge in [-0.3, -0.25) is 34.5 Å². The number of aromatic nitrogens is 4. The molecule has 6 aliphatic rings. The molecule has 2 N–H and O–H groups in total. The first kappa shape index (κ1) is 39.7. The fourth-order valence-electron chi connectivity index (χ4n) is 9.51. The highest BCUT2D eigenvalue weighted by molar-refractivity contribution is 7.93. The van der Waals surface area contributed by atoms with Gasteiger partial charge in [-0.15, -0.1) is 0 Å². The number of amides is 4. The summed E-state index contributed by atoms with van der Waals surface area (Å²) in [5.74, 6) is 1.90. The van der Waals surface area contributed by atoms with Crippen LogP contribution in [0, 0.1) is 11.8 Å². The molecule has 7 heterocycles. The Labute approximate surface area is 355 Å². The van der Waals surface area contributed by atoms with Crippen molar-refractivity contribution in [1.82, 2.24) is 35.3 Å². The number of rotatable bonds is 10. The van der Waals surface area contributed by atoms with Crippen LogP contribution in [0.2, 0.25) is 0 Å². The zero-order chi connectivity index (χ0) is 41.9. The number of carbonyl (C=O) groups is 4. The van der Waals surface area contributed by atoms with E-state index in [9.17, 15) is 23.4 Å². The van der Waals surface area contributed by atoms with Crippen molar-refractivity contribution < 1.29 is 28.1 Å². The highest BCUT2D eigenvalue weighted by Crippen LogP contribution is 2.41. The molecule has 1 saturated carbocycles. The molecule has 61 heavy (non-hydrogen) atoms. The van der Waals surface area contributed by atoms with E-state index in [-0.39, 0.29) is 18.4 Å². The second-order valence-electron chi connectivity index (χ2n) is 17.9. The van der Waals surface area contributed by atoms with Crippen LogP contribution in [0.25, 0.3) is 22.3 Å². The van der Waals surface area contributed by atoms with E-state index in [1.807, 2.05) is 30.3 Å². The third kappa shape index (κ3) is 8.09. The maximum absolute atomic E-state index is 13.8. The zero-order valence-electron chi connectivity index (χ0n) is 34.5. The van der Waals surface area contributed by atoms with E-state index >= 15 is 0 Å². The summed E-state index contributed by atoms with van der Waals surface area (Å²) in [6, 6.07) is 12.4. The summed E-state index contributed by atoms with van der Waals surface area (Å²) in [5, 5.41) is 11.0. The first-order valence-corrected chi connectivity index (χ1v) is 23.6. The summed E-state index contributed by atoms with van der Waals surface area (Å²) in [5.41, 5.74) is 3.92. The number of imide groups is 2. The van der Waals surface area contributed by atoms with Gasteiger partial charge in [-0.1, -0.05) is 0 Å². The molecule has 1 aliphatic carbocycles. The van der Waals surface area contributed by atoms with Crippen molar-refractivity contribution in [3.8, 4) is 17.1 Å². The third-order valence-corrected chi connectivity index (χ3v) is 15.9. The van der Waals surface area contributed by atoms with Gasteiger partial charge in [0.1, 0.15) is 35.2 Å². The van der Waals surface area contributed by atoms with Crippen LogP contribution in [0.4, 0.5) is 11.5 Å². The molecule has 16 nitrogen and oxygen atoms in total. The predicted molar refractivity (Wildman–Crippen MR) is 230 cm³/mol. The fraction of sp³-hybridized carbons (Fsp3) is 0.523. The number of nitrogens with one attached hydrogen (secondary N) is 2. The standard InChI is InChI=1S/C44H52N10O6S/c1-44(12-13-44)60-31-3-5-35-34(23-31)40(50-49-35)36-24-38(46-27-45-36)53-16-8-28(9-17-53)25-47-61(59)20-18-51(19-21-61)26-29-10-14-52(15-11-29)30-2-4-32-33(22-30)43(58)54(42(32)57)37-6-7-39(55)48-41(37)56/h2-5,22-24,27-29,37H,6-21,25-26H2,1H3,(H,49,50)(H,48,55,56).